The van der Waals surface area contributed by atoms with Crippen LogP contribution in [0.25, 0.3) is 0 Å². The first-order valence-corrected chi connectivity index (χ1v) is 12.0. The van der Waals surface area contributed by atoms with Crippen molar-refractivity contribution in [3.8, 4) is 11.5 Å². The summed E-state index contributed by atoms with van der Waals surface area (Å²) in [5, 5.41) is 10.4. The van der Waals surface area contributed by atoms with Crippen LogP contribution in [-0.4, -0.2) is 61.3 Å². The van der Waals surface area contributed by atoms with Gasteiger partial charge in [-0.15, -0.1) is 0 Å². The third kappa shape index (κ3) is 8.09. The maximum Gasteiger partial charge on any atom is 0.231 e. The van der Waals surface area contributed by atoms with E-state index in [-0.39, 0.29) is 6.79 Å². The second-order valence-corrected chi connectivity index (χ2v) is 8.20. The minimum absolute atomic E-state index is 0.238. The predicted molar refractivity (Wildman–Crippen MR) is 138 cm³/mol. The Balaban J connectivity index is 1.35. The van der Waals surface area contributed by atoms with Gasteiger partial charge in [0.25, 0.3) is 0 Å². The molecule has 1 aromatic heterocycles. The molecule has 0 saturated heterocycles. The summed E-state index contributed by atoms with van der Waals surface area (Å²) in [7, 11) is 0. The van der Waals surface area contributed by atoms with Crippen molar-refractivity contribution in [2.45, 2.75) is 13.1 Å². The van der Waals surface area contributed by atoms with Gasteiger partial charge < -0.3 is 40.6 Å². The van der Waals surface area contributed by atoms with Crippen LogP contribution in [0.4, 0.5) is 17.8 Å². The number of hydrogen-bond donors (Lipinski definition) is 4. The molecule has 5 N–H and O–H groups in total. The number of anilines is 3. The molecule has 0 unspecified atom stereocenters. The first kappa shape index (κ1) is 25.7. The third-order valence-corrected chi connectivity index (χ3v) is 5.30. The Bertz CT molecular complexity index is 1100. The molecule has 0 atom stereocenters. The summed E-state index contributed by atoms with van der Waals surface area (Å²) in [5.41, 5.74) is 7.45. The Kier molecular flexibility index (Phi) is 9.74. The van der Waals surface area contributed by atoms with Crippen LogP contribution in [0.1, 0.15) is 11.1 Å². The Morgan fingerprint density at radius 2 is 1.36 bits per heavy atom. The Morgan fingerprint density at radius 1 is 0.750 bits per heavy atom. The van der Waals surface area contributed by atoms with Gasteiger partial charge in [0, 0.05) is 31.2 Å². The van der Waals surface area contributed by atoms with E-state index in [0.29, 0.717) is 75.5 Å². The molecule has 0 radical (unpaired) electrons. The van der Waals surface area contributed by atoms with Gasteiger partial charge in [0.15, 0.2) is 11.5 Å². The second-order valence-electron chi connectivity index (χ2n) is 7.77. The zero-order chi connectivity index (χ0) is 25.0. The number of rotatable bonds is 15. The number of nitrogens with two attached hydrogens (primary N) is 1. The molecule has 0 fully saturated rings. The van der Waals surface area contributed by atoms with Crippen molar-refractivity contribution in [2.24, 2.45) is 5.73 Å². The molecule has 1 aliphatic heterocycles. The van der Waals surface area contributed by atoms with E-state index in [1.807, 2.05) is 42.5 Å². The lowest BCUT2D eigenvalue weighted by Gasteiger charge is -2.12. The summed E-state index contributed by atoms with van der Waals surface area (Å²) >= 11 is 5.98. The Labute approximate surface area is 214 Å². The van der Waals surface area contributed by atoms with E-state index in [1.165, 1.54) is 0 Å². The minimum Gasteiger partial charge on any atom is -0.454 e. The van der Waals surface area contributed by atoms with E-state index < -0.39 is 0 Å². The first-order chi connectivity index (χ1) is 17.7. The highest BCUT2D eigenvalue weighted by molar-refractivity contribution is 6.30. The number of hydrogen-bond acceptors (Lipinski definition) is 11. The Morgan fingerprint density at radius 3 is 2.08 bits per heavy atom. The van der Waals surface area contributed by atoms with Crippen LogP contribution >= 0.6 is 11.6 Å². The van der Waals surface area contributed by atoms with Crippen molar-refractivity contribution in [3.63, 3.8) is 0 Å². The molecule has 1 aliphatic rings. The van der Waals surface area contributed by atoms with Crippen LogP contribution in [0.15, 0.2) is 42.5 Å². The van der Waals surface area contributed by atoms with Gasteiger partial charge in [0.2, 0.25) is 24.6 Å². The first-order valence-electron chi connectivity index (χ1n) is 11.7. The standard InChI is InChI=1S/C24H30ClN7O4/c25-19-4-1-17(2-5-19)14-28-23-30-22(27-8-10-34-12-11-33-9-7-26)31-24(32-23)29-15-18-3-6-20-21(13-18)36-16-35-20/h1-6,13H,7-12,14-16,26H2,(H3,27,28,29,30,31,32). The van der Waals surface area contributed by atoms with Crippen molar-refractivity contribution in [3.05, 3.63) is 58.6 Å². The van der Waals surface area contributed by atoms with Crippen LogP contribution in [-0.2, 0) is 22.6 Å². The molecule has 2 aromatic carbocycles. The van der Waals surface area contributed by atoms with Crippen molar-refractivity contribution >= 4 is 29.4 Å². The summed E-state index contributed by atoms with van der Waals surface area (Å²) in [5.74, 6) is 2.77. The average molecular weight is 516 g/mol. The van der Waals surface area contributed by atoms with E-state index >= 15 is 0 Å². The van der Waals surface area contributed by atoms with E-state index in [1.54, 1.807) is 0 Å². The molecule has 36 heavy (non-hydrogen) atoms. The fraction of sp³-hybridized carbons (Fsp3) is 0.375. The van der Waals surface area contributed by atoms with Gasteiger partial charge in [-0.3, -0.25) is 0 Å². The van der Waals surface area contributed by atoms with Crippen molar-refractivity contribution in [2.75, 3.05) is 62.3 Å². The van der Waals surface area contributed by atoms with Gasteiger partial charge in [-0.25, -0.2) is 0 Å². The maximum absolute atomic E-state index is 5.98. The van der Waals surface area contributed by atoms with Gasteiger partial charge in [-0.05, 0) is 35.4 Å². The number of fused-ring (bicyclic) bond motifs is 1. The molecule has 0 aliphatic carbocycles. The Hall–Kier alpha value is -3.38. The number of benzene rings is 2. The second kappa shape index (κ2) is 13.6. The molecule has 12 heteroatoms. The zero-order valence-electron chi connectivity index (χ0n) is 19.8. The van der Waals surface area contributed by atoms with Crippen LogP contribution in [0, 0.1) is 0 Å². The van der Waals surface area contributed by atoms with Crippen molar-refractivity contribution in [1.82, 2.24) is 15.0 Å². The molecular weight excluding hydrogens is 486 g/mol. The van der Waals surface area contributed by atoms with Crippen LogP contribution in [0.3, 0.4) is 0 Å². The van der Waals surface area contributed by atoms with Gasteiger partial charge in [-0.2, -0.15) is 15.0 Å². The normalized spacial score (nSPS) is 11.9. The van der Waals surface area contributed by atoms with E-state index in [2.05, 4.69) is 30.9 Å². The van der Waals surface area contributed by atoms with Crippen molar-refractivity contribution < 1.29 is 18.9 Å². The fourth-order valence-corrected chi connectivity index (χ4v) is 3.39. The molecule has 0 spiro atoms. The highest BCUT2D eigenvalue weighted by Gasteiger charge is 2.13. The highest BCUT2D eigenvalue weighted by atomic mass is 35.5. The lowest BCUT2D eigenvalue weighted by atomic mass is 10.2. The lowest BCUT2D eigenvalue weighted by Crippen LogP contribution is -2.17. The molecule has 3 aromatic rings. The van der Waals surface area contributed by atoms with E-state index in [9.17, 15) is 0 Å². The van der Waals surface area contributed by atoms with Gasteiger partial charge in [-0.1, -0.05) is 29.8 Å². The zero-order valence-corrected chi connectivity index (χ0v) is 20.6. The van der Waals surface area contributed by atoms with Gasteiger partial charge in [0.1, 0.15) is 0 Å². The van der Waals surface area contributed by atoms with E-state index in [0.717, 1.165) is 22.6 Å². The largest absolute Gasteiger partial charge is 0.454 e. The third-order valence-electron chi connectivity index (χ3n) is 5.05. The SMILES string of the molecule is NCCOCCOCCNc1nc(NCc2ccc(Cl)cc2)nc(NCc2ccc3c(c2)OCO3)n1. The highest BCUT2D eigenvalue weighted by Crippen LogP contribution is 2.32. The fourth-order valence-electron chi connectivity index (χ4n) is 3.27. The number of nitrogens with one attached hydrogen (secondary N) is 3. The monoisotopic (exact) mass is 515 g/mol. The van der Waals surface area contributed by atoms with Gasteiger partial charge in [0.05, 0.1) is 26.4 Å². The number of aromatic nitrogens is 3. The smallest absolute Gasteiger partial charge is 0.231 e. The quantitative estimate of drug-likeness (QED) is 0.222. The summed E-state index contributed by atoms with van der Waals surface area (Å²) in [6.45, 7) is 4.31. The number of halogens is 1. The number of nitrogens with zero attached hydrogens (tertiary/aromatic N) is 3. The molecule has 0 saturated carbocycles. The average Bonchev–Trinajstić information content (AvgIpc) is 3.37. The van der Waals surface area contributed by atoms with Crippen LogP contribution < -0.4 is 31.2 Å². The van der Waals surface area contributed by atoms with Crippen LogP contribution in [0.5, 0.6) is 11.5 Å². The maximum atomic E-state index is 5.98. The molecular formula is C24H30ClN7O4. The summed E-state index contributed by atoms with van der Waals surface area (Å²) in [6.07, 6.45) is 0. The summed E-state index contributed by atoms with van der Waals surface area (Å²) < 4.78 is 21.7. The number of ether oxygens (including phenoxy) is 4. The minimum atomic E-state index is 0.238. The molecule has 192 valence electrons. The molecule has 0 bridgehead atoms. The molecule has 2 heterocycles. The predicted octanol–water partition coefficient (Wildman–Crippen LogP) is 2.88. The van der Waals surface area contributed by atoms with Gasteiger partial charge >= 0.3 is 0 Å². The summed E-state index contributed by atoms with van der Waals surface area (Å²) in [6, 6.07) is 13.4. The lowest BCUT2D eigenvalue weighted by molar-refractivity contribution is 0.0547. The molecule has 0 amide bonds. The molecule has 11 nitrogen and oxygen atoms in total. The molecule has 4 rings (SSSR count). The van der Waals surface area contributed by atoms with E-state index in [4.69, 9.17) is 36.3 Å². The van der Waals surface area contributed by atoms with Crippen LogP contribution in [0.2, 0.25) is 5.02 Å². The summed E-state index contributed by atoms with van der Waals surface area (Å²) in [4.78, 5) is 13.5. The topological polar surface area (TPSA) is 138 Å². The van der Waals surface area contributed by atoms with Crippen molar-refractivity contribution in [1.29, 1.82) is 0 Å².